The predicted octanol–water partition coefficient (Wildman–Crippen LogP) is 6.16. The normalized spacial score (nSPS) is 15.2. The van der Waals surface area contributed by atoms with Crippen LogP contribution in [0, 0.1) is 0 Å². The highest BCUT2D eigenvalue weighted by molar-refractivity contribution is 9.10. The molecule has 6 nitrogen and oxygen atoms in total. The lowest BCUT2D eigenvalue weighted by molar-refractivity contribution is 0.0677. The van der Waals surface area contributed by atoms with Gasteiger partial charge in [0.15, 0.2) is 0 Å². The van der Waals surface area contributed by atoms with Crippen LogP contribution < -0.4 is 15.4 Å². The van der Waals surface area contributed by atoms with Crippen molar-refractivity contribution < 1.29 is 19.1 Å². The first-order valence-electron chi connectivity index (χ1n) is 10.5. The number of hydrogen-bond donors (Lipinski definition) is 2. The Kier molecular flexibility index (Phi) is 7.65. The maximum atomic E-state index is 12.7. The van der Waals surface area contributed by atoms with Crippen LogP contribution >= 0.6 is 27.5 Å². The fraction of sp³-hybridized carbons (Fsp3) is 0.200. The zero-order chi connectivity index (χ0) is 23.2. The fourth-order valence-electron chi connectivity index (χ4n) is 3.43. The molecule has 0 radical (unpaired) electrons. The summed E-state index contributed by atoms with van der Waals surface area (Å²) in [7, 11) is 0. The second-order valence-corrected chi connectivity index (χ2v) is 8.88. The number of hydrogen-bond acceptors (Lipinski definition) is 4. The van der Waals surface area contributed by atoms with E-state index in [0.717, 1.165) is 19.4 Å². The molecule has 2 amide bonds. The summed E-state index contributed by atoms with van der Waals surface area (Å²) in [4.78, 5) is 25.3. The number of carbonyl (C=O) groups is 2. The van der Waals surface area contributed by atoms with Crippen LogP contribution in [0.5, 0.6) is 5.75 Å². The van der Waals surface area contributed by atoms with Gasteiger partial charge in [-0.2, -0.15) is 0 Å². The molecule has 170 valence electrons. The highest BCUT2D eigenvalue weighted by atomic mass is 79.9. The second-order valence-electron chi connectivity index (χ2n) is 7.59. The Morgan fingerprint density at radius 3 is 2.33 bits per heavy atom. The number of anilines is 2. The van der Waals surface area contributed by atoms with Crippen molar-refractivity contribution in [2.24, 2.45) is 0 Å². The summed E-state index contributed by atoms with van der Waals surface area (Å²) in [5.74, 6) is 0.0550. The Hall–Kier alpha value is -2.87. The molecule has 0 aromatic heterocycles. The maximum absolute atomic E-state index is 12.7. The first kappa shape index (κ1) is 23.3. The van der Waals surface area contributed by atoms with Crippen LogP contribution in [-0.2, 0) is 4.74 Å². The van der Waals surface area contributed by atoms with Gasteiger partial charge in [-0.25, -0.2) is 0 Å². The Bertz CT molecular complexity index is 1160. The fourth-order valence-corrected chi connectivity index (χ4v) is 4.11. The highest BCUT2D eigenvalue weighted by Crippen LogP contribution is 2.27. The van der Waals surface area contributed by atoms with Crippen LogP contribution in [0.2, 0.25) is 5.02 Å². The number of nitrogens with one attached hydrogen (secondary N) is 2. The third-order valence-corrected chi connectivity index (χ3v) is 5.96. The average Bonchev–Trinajstić information content (AvgIpc) is 3.32. The number of rotatable bonds is 7. The molecule has 0 bridgehead atoms. The van der Waals surface area contributed by atoms with E-state index in [2.05, 4.69) is 26.6 Å². The van der Waals surface area contributed by atoms with Gasteiger partial charge in [0.25, 0.3) is 11.8 Å². The van der Waals surface area contributed by atoms with Crippen LogP contribution in [0.1, 0.15) is 33.6 Å². The van der Waals surface area contributed by atoms with Gasteiger partial charge in [0.2, 0.25) is 0 Å². The lowest BCUT2D eigenvalue weighted by Crippen LogP contribution is -2.17. The molecule has 1 atom stereocenters. The molecule has 2 N–H and O–H groups in total. The Labute approximate surface area is 205 Å². The summed E-state index contributed by atoms with van der Waals surface area (Å²) in [6.45, 7) is 1.26. The lowest BCUT2D eigenvalue weighted by atomic mass is 10.1. The van der Waals surface area contributed by atoms with E-state index in [1.807, 2.05) is 0 Å². The van der Waals surface area contributed by atoms with Crippen LogP contribution in [-0.4, -0.2) is 31.1 Å². The van der Waals surface area contributed by atoms with Crippen LogP contribution in [0.25, 0.3) is 0 Å². The maximum Gasteiger partial charge on any atom is 0.255 e. The van der Waals surface area contributed by atoms with Gasteiger partial charge in [-0.05, 0) is 83.4 Å². The molecular weight excluding hydrogens is 508 g/mol. The molecule has 4 rings (SSSR count). The third-order valence-electron chi connectivity index (χ3n) is 5.11. The zero-order valence-corrected chi connectivity index (χ0v) is 20.0. The Morgan fingerprint density at radius 1 is 0.970 bits per heavy atom. The van der Waals surface area contributed by atoms with Gasteiger partial charge in [0, 0.05) is 34.1 Å². The SMILES string of the molecule is O=C(Nc1cccc(Cl)c1)c1cccc(NC(=O)c2ccc(OCC3CCCO3)c(Br)c2)c1. The Morgan fingerprint density at radius 2 is 1.67 bits per heavy atom. The van der Waals surface area contributed by atoms with E-state index in [1.54, 1.807) is 66.7 Å². The number of carbonyl (C=O) groups excluding carboxylic acids is 2. The van der Waals surface area contributed by atoms with Crippen molar-refractivity contribution in [1.82, 2.24) is 0 Å². The minimum Gasteiger partial charge on any atom is -0.490 e. The predicted molar refractivity (Wildman–Crippen MR) is 132 cm³/mol. The van der Waals surface area contributed by atoms with E-state index >= 15 is 0 Å². The molecule has 33 heavy (non-hydrogen) atoms. The molecule has 1 heterocycles. The van der Waals surface area contributed by atoms with E-state index in [9.17, 15) is 9.59 Å². The first-order chi connectivity index (χ1) is 16.0. The molecule has 8 heteroatoms. The zero-order valence-electron chi connectivity index (χ0n) is 17.6. The summed E-state index contributed by atoms with van der Waals surface area (Å²) in [6, 6.07) is 18.8. The van der Waals surface area contributed by atoms with Crippen molar-refractivity contribution in [3.63, 3.8) is 0 Å². The number of halogens is 2. The number of benzene rings is 3. The molecule has 1 fully saturated rings. The monoisotopic (exact) mass is 528 g/mol. The van der Waals surface area contributed by atoms with Gasteiger partial charge in [-0.3, -0.25) is 9.59 Å². The molecule has 0 saturated carbocycles. The average molecular weight is 530 g/mol. The lowest BCUT2D eigenvalue weighted by Gasteiger charge is -2.13. The van der Waals surface area contributed by atoms with E-state index in [-0.39, 0.29) is 17.9 Å². The molecule has 0 aliphatic carbocycles. The molecule has 1 saturated heterocycles. The Balaban J connectivity index is 1.38. The van der Waals surface area contributed by atoms with E-state index in [1.165, 1.54) is 0 Å². The van der Waals surface area contributed by atoms with Crippen LogP contribution in [0.3, 0.4) is 0 Å². The van der Waals surface area contributed by atoms with Crippen LogP contribution in [0.15, 0.2) is 71.2 Å². The molecule has 1 aliphatic heterocycles. The van der Waals surface area contributed by atoms with Crippen molar-refractivity contribution in [1.29, 1.82) is 0 Å². The molecule has 3 aromatic rings. The van der Waals surface area contributed by atoms with E-state index < -0.39 is 0 Å². The largest absolute Gasteiger partial charge is 0.490 e. The molecule has 3 aromatic carbocycles. The quantitative estimate of drug-likeness (QED) is 0.384. The second kappa shape index (κ2) is 10.8. The summed E-state index contributed by atoms with van der Waals surface area (Å²) in [5.41, 5.74) is 1.97. The minimum absolute atomic E-state index is 0.114. The van der Waals surface area contributed by atoms with Gasteiger partial charge in [0.05, 0.1) is 10.6 Å². The van der Waals surface area contributed by atoms with Crippen molar-refractivity contribution in [2.45, 2.75) is 18.9 Å². The summed E-state index contributed by atoms with van der Waals surface area (Å²) in [5, 5.41) is 6.15. The summed E-state index contributed by atoms with van der Waals surface area (Å²) >= 11 is 9.44. The third kappa shape index (κ3) is 6.35. The summed E-state index contributed by atoms with van der Waals surface area (Å²) in [6.07, 6.45) is 2.16. The van der Waals surface area contributed by atoms with Gasteiger partial charge >= 0.3 is 0 Å². The molecule has 1 aliphatic rings. The van der Waals surface area contributed by atoms with E-state index in [0.29, 0.717) is 44.4 Å². The van der Waals surface area contributed by atoms with Crippen molar-refractivity contribution in [3.05, 3.63) is 87.4 Å². The van der Waals surface area contributed by atoms with Crippen LogP contribution in [0.4, 0.5) is 11.4 Å². The van der Waals surface area contributed by atoms with Gasteiger partial charge in [0.1, 0.15) is 12.4 Å². The number of amides is 2. The summed E-state index contributed by atoms with van der Waals surface area (Å²) < 4.78 is 12.1. The topological polar surface area (TPSA) is 76.7 Å². The molecular formula is C25H22BrClN2O4. The van der Waals surface area contributed by atoms with Gasteiger partial charge in [-0.15, -0.1) is 0 Å². The molecule has 1 unspecified atom stereocenters. The van der Waals surface area contributed by atoms with E-state index in [4.69, 9.17) is 21.1 Å². The van der Waals surface area contributed by atoms with Crippen molar-refractivity contribution >= 4 is 50.7 Å². The number of ether oxygens (including phenoxy) is 2. The highest BCUT2D eigenvalue weighted by Gasteiger charge is 2.17. The van der Waals surface area contributed by atoms with Crippen molar-refractivity contribution in [3.8, 4) is 5.75 Å². The van der Waals surface area contributed by atoms with Crippen molar-refractivity contribution in [2.75, 3.05) is 23.8 Å². The smallest absolute Gasteiger partial charge is 0.255 e. The first-order valence-corrected chi connectivity index (χ1v) is 11.7. The van der Waals surface area contributed by atoms with Gasteiger partial charge in [-0.1, -0.05) is 23.7 Å². The molecule has 0 spiro atoms. The minimum atomic E-state index is -0.302. The standard InChI is InChI=1S/C25H22BrClN2O4/c26-22-13-17(9-10-23(22)33-15-21-8-3-11-32-21)25(31)28-19-6-1-4-16(12-19)24(30)29-20-7-2-5-18(27)14-20/h1-2,4-7,9-10,12-14,21H,3,8,11,15H2,(H,28,31)(H,29,30). The van der Waals surface area contributed by atoms with Gasteiger partial charge < -0.3 is 20.1 Å².